The zero-order valence-corrected chi connectivity index (χ0v) is 14.4. The summed E-state index contributed by atoms with van der Waals surface area (Å²) in [6, 6.07) is 8.46. The molecule has 0 atom stereocenters. The van der Waals surface area contributed by atoms with Crippen molar-refractivity contribution >= 4 is 29.0 Å². The van der Waals surface area contributed by atoms with Crippen molar-refractivity contribution in [1.82, 2.24) is 14.8 Å². The molecule has 2 amide bonds. The number of amides is 2. The molecule has 3 rings (SSSR count). The minimum atomic E-state index is -0.368. The molecule has 0 saturated heterocycles. The Kier molecular flexibility index (Phi) is 4.66. The molecule has 0 bridgehead atoms. The van der Waals surface area contributed by atoms with E-state index in [9.17, 15) is 9.59 Å². The summed E-state index contributed by atoms with van der Waals surface area (Å²) in [5, 5.41) is 9.55. The molecular weight excluding hydrogens is 332 g/mol. The molecule has 0 unspecified atom stereocenters. The van der Waals surface area contributed by atoms with E-state index in [0.717, 1.165) is 11.1 Å². The molecule has 0 aliphatic carbocycles. The fraction of sp³-hybridized carbons (Fsp3) is 0.111. The number of benzene rings is 1. The van der Waals surface area contributed by atoms with Gasteiger partial charge in [-0.2, -0.15) is 5.10 Å². The quantitative estimate of drug-likeness (QED) is 0.668. The summed E-state index contributed by atoms with van der Waals surface area (Å²) in [5.41, 5.74) is 8.96. The van der Waals surface area contributed by atoms with Crippen LogP contribution in [0.15, 0.2) is 48.9 Å². The van der Waals surface area contributed by atoms with E-state index in [-0.39, 0.29) is 23.2 Å². The Hall–Kier alpha value is -3.68. The SMILES string of the molecule is CC(=O)Nc1ccc(NC(=O)c2cc(-c3cnn(C)c3)cnc2N)cc1. The summed E-state index contributed by atoms with van der Waals surface area (Å²) in [7, 11) is 1.81. The van der Waals surface area contributed by atoms with Crippen molar-refractivity contribution in [3.05, 3.63) is 54.5 Å². The van der Waals surface area contributed by atoms with Crippen molar-refractivity contribution < 1.29 is 9.59 Å². The molecular formula is C18H18N6O2. The van der Waals surface area contributed by atoms with E-state index in [1.807, 2.05) is 13.2 Å². The van der Waals surface area contributed by atoms with Crippen molar-refractivity contribution in [2.75, 3.05) is 16.4 Å². The third kappa shape index (κ3) is 3.86. The van der Waals surface area contributed by atoms with Crippen LogP contribution in [-0.2, 0) is 11.8 Å². The summed E-state index contributed by atoms with van der Waals surface area (Å²) < 4.78 is 1.67. The van der Waals surface area contributed by atoms with Crippen molar-refractivity contribution in [2.24, 2.45) is 7.05 Å². The van der Waals surface area contributed by atoms with Gasteiger partial charge in [-0.25, -0.2) is 4.98 Å². The molecule has 132 valence electrons. The Morgan fingerprint density at radius 3 is 2.27 bits per heavy atom. The number of aryl methyl sites for hydroxylation is 1. The average molecular weight is 350 g/mol. The Labute approximate surface area is 150 Å². The van der Waals surface area contributed by atoms with E-state index in [0.29, 0.717) is 11.4 Å². The van der Waals surface area contributed by atoms with E-state index in [4.69, 9.17) is 5.73 Å². The topological polar surface area (TPSA) is 115 Å². The van der Waals surface area contributed by atoms with Gasteiger partial charge < -0.3 is 16.4 Å². The first-order valence-corrected chi connectivity index (χ1v) is 7.86. The van der Waals surface area contributed by atoms with Crippen molar-refractivity contribution in [3.63, 3.8) is 0 Å². The Bertz CT molecular complexity index is 962. The average Bonchev–Trinajstić information content (AvgIpc) is 3.03. The van der Waals surface area contributed by atoms with Gasteiger partial charge in [-0.3, -0.25) is 14.3 Å². The van der Waals surface area contributed by atoms with Crippen molar-refractivity contribution in [2.45, 2.75) is 6.92 Å². The number of nitrogen functional groups attached to an aromatic ring is 1. The molecule has 8 nitrogen and oxygen atoms in total. The lowest BCUT2D eigenvalue weighted by Gasteiger charge is -2.09. The summed E-state index contributed by atoms with van der Waals surface area (Å²) in [4.78, 5) is 27.7. The zero-order valence-electron chi connectivity index (χ0n) is 14.4. The van der Waals surface area contributed by atoms with Crippen LogP contribution in [0.1, 0.15) is 17.3 Å². The number of hydrogen-bond acceptors (Lipinski definition) is 5. The largest absolute Gasteiger partial charge is 0.383 e. The lowest BCUT2D eigenvalue weighted by Crippen LogP contribution is -2.15. The predicted molar refractivity (Wildman–Crippen MR) is 99.6 cm³/mol. The zero-order chi connectivity index (χ0) is 18.7. The Balaban J connectivity index is 1.80. The summed E-state index contributed by atoms with van der Waals surface area (Å²) in [6.07, 6.45) is 5.12. The maximum absolute atomic E-state index is 12.6. The third-order valence-corrected chi connectivity index (χ3v) is 3.66. The van der Waals surface area contributed by atoms with Gasteiger partial charge >= 0.3 is 0 Å². The van der Waals surface area contributed by atoms with Crippen molar-refractivity contribution in [1.29, 1.82) is 0 Å². The number of aromatic nitrogens is 3. The molecule has 2 aromatic heterocycles. The van der Waals surface area contributed by atoms with E-state index in [1.165, 1.54) is 6.92 Å². The van der Waals surface area contributed by atoms with E-state index in [1.54, 1.807) is 47.4 Å². The molecule has 0 radical (unpaired) electrons. The van der Waals surface area contributed by atoms with Gasteiger partial charge in [0.1, 0.15) is 5.82 Å². The second kappa shape index (κ2) is 7.06. The number of carbonyl (C=O) groups excluding carboxylic acids is 2. The molecule has 26 heavy (non-hydrogen) atoms. The van der Waals surface area contributed by atoms with Crippen LogP contribution in [0.4, 0.5) is 17.2 Å². The molecule has 0 aliphatic heterocycles. The number of nitrogens with one attached hydrogen (secondary N) is 2. The van der Waals surface area contributed by atoms with Gasteiger partial charge in [0.2, 0.25) is 5.91 Å². The lowest BCUT2D eigenvalue weighted by atomic mass is 10.1. The summed E-state index contributed by atoms with van der Waals surface area (Å²) in [6.45, 7) is 1.43. The first-order valence-electron chi connectivity index (χ1n) is 7.86. The van der Waals surface area contributed by atoms with Gasteiger partial charge in [0, 0.05) is 48.9 Å². The number of anilines is 3. The normalized spacial score (nSPS) is 10.4. The molecule has 0 spiro atoms. The molecule has 1 aromatic carbocycles. The van der Waals surface area contributed by atoms with E-state index >= 15 is 0 Å². The molecule has 2 heterocycles. The van der Waals surface area contributed by atoms with Crippen LogP contribution in [0.25, 0.3) is 11.1 Å². The predicted octanol–water partition coefficient (Wildman–Crippen LogP) is 2.27. The van der Waals surface area contributed by atoms with Gasteiger partial charge in [-0.05, 0) is 30.3 Å². The maximum atomic E-state index is 12.6. The summed E-state index contributed by atoms with van der Waals surface area (Å²) >= 11 is 0. The highest BCUT2D eigenvalue weighted by atomic mass is 16.2. The van der Waals surface area contributed by atoms with Crippen LogP contribution in [0, 0.1) is 0 Å². The van der Waals surface area contributed by atoms with Crippen LogP contribution >= 0.6 is 0 Å². The Morgan fingerprint density at radius 1 is 1.04 bits per heavy atom. The molecule has 3 aromatic rings. The molecule has 0 fully saturated rings. The van der Waals surface area contributed by atoms with Crippen LogP contribution in [0.2, 0.25) is 0 Å². The third-order valence-electron chi connectivity index (χ3n) is 3.66. The van der Waals surface area contributed by atoms with E-state index < -0.39 is 0 Å². The maximum Gasteiger partial charge on any atom is 0.259 e. The van der Waals surface area contributed by atoms with Crippen LogP contribution in [0.3, 0.4) is 0 Å². The van der Waals surface area contributed by atoms with Gasteiger partial charge in [0.05, 0.1) is 11.8 Å². The van der Waals surface area contributed by atoms with Crippen LogP contribution in [0.5, 0.6) is 0 Å². The molecule has 4 N–H and O–H groups in total. The highest BCUT2D eigenvalue weighted by Crippen LogP contribution is 2.22. The van der Waals surface area contributed by atoms with Gasteiger partial charge in [0.25, 0.3) is 5.91 Å². The molecule has 0 saturated carbocycles. The first-order chi connectivity index (χ1) is 12.4. The fourth-order valence-corrected chi connectivity index (χ4v) is 2.42. The number of rotatable bonds is 4. The van der Waals surface area contributed by atoms with Crippen LogP contribution in [-0.4, -0.2) is 26.6 Å². The molecule has 8 heteroatoms. The highest BCUT2D eigenvalue weighted by molar-refractivity contribution is 6.08. The summed E-state index contributed by atoms with van der Waals surface area (Å²) in [5.74, 6) is -0.383. The highest BCUT2D eigenvalue weighted by Gasteiger charge is 2.14. The van der Waals surface area contributed by atoms with Crippen LogP contribution < -0.4 is 16.4 Å². The molecule has 0 aliphatic rings. The minimum Gasteiger partial charge on any atom is -0.383 e. The van der Waals surface area contributed by atoms with Gasteiger partial charge in [-0.1, -0.05) is 0 Å². The van der Waals surface area contributed by atoms with Gasteiger partial charge in [-0.15, -0.1) is 0 Å². The monoisotopic (exact) mass is 350 g/mol. The standard InChI is InChI=1S/C18H18N6O2/c1-11(25)22-14-3-5-15(6-4-14)23-18(26)16-7-12(8-20-17(16)19)13-9-21-24(2)10-13/h3-10H,1-2H3,(H2,19,20)(H,22,25)(H,23,26). The second-order valence-electron chi connectivity index (χ2n) is 5.77. The lowest BCUT2D eigenvalue weighted by molar-refractivity contribution is -0.114. The Morgan fingerprint density at radius 2 is 1.69 bits per heavy atom. The number of carbonyl (C=O) groups is 2. The smallest absolute Gasteiger partial charge is 0.259 e. The van der Waals surface area contributed by atoms with E-state index in [2.05, 4.69) is 20.7 Å². The number of pyridine rings is 1. The second-order valence-corrected chi connectivity index (χ2v) is 5.77. The first kappa shape index (κ1) is 17.2. The van der Waals surface area contributed by atoms with Crippen molar-refractivity contribution in [3.8, 4) is 11.1 Å². The fourth-order valence-electron chi connectivity index (χ4n) is 2.42. The number of nitrogens with two attached hydrogens (primary N) is 1. The number of hydrogen-bond donors (Lipinski definition) is 3. The minimum absolute atomic E-state index is 0.144. The number of nitrogens with zero attached hydrogens (tertiary/aromatic N) is 3. The van der Waals surface area contributed by atoms with Gasteiger partial charge in [0.15, 0.2) is 0 Å².